The molecule has 1 aliphatic rings. The number of fused-ring (bicyclic) bond motifs is 1. The molecule has 2 aromatic carbocycles. The monoisotopic (exact) mass is 208 g/mol. The normalized spacial score (nSPS) is 18.6. The highest BCUT2D eigenvalue weighted by molar-refractivity contribution is 5.54. The lowest BCUT2D eigenvalue weighted by Crippen LogP contribution is -2.17. The predicted molar refractivity (Wildman–Crippen MR) is 66.4 cm³/mol. The first-order valence-corrected chi connectivity index (χ1v) is 5.74. The number of hydrogen-bond acceptors (Lipinski definition) is 1. The molecule has 16 heavy (non-hydrogen) atoms. The molecule has 0 amide bonds. The largest absolute Gasteiger partial charge is 0.378 e. The first kappa shape index (κ1) is 9.46. The summed E-state index contributed by atoms with van der Waals surface area (Å²) in [5.74, 6) is 0. The highest BCUT2D eigenvalue weighted by atomic mass is 14.9. The molecule has 1 N–H and O–H groups in total. The van der Waals surface area contributed by atoms with Gasteiger partial charge in [0.1, 0.15) is 0 Å². The third-order valence-electron chi connectivity index (χ3n) is 3.18. The Morgan fingerprint density at radius 2 is 2.00 bits per heavy atom. The number of nitrogens with one attached hydrogen (secondary N) is 1. The predicted octanol–water partition coefficient (Wildman–Crippen LogP) is 3.59. The Hall–Kier alpha value is -1.76. The number of rotatable bonds is 1. The van der Waals surface area contributed by atoms with Crippen molar-refractivity contribution >= 4 is 5.69 Å². The standard InChI is InChI=1S/C15H14N/c1-2-6-12(7-3-1)15-11-10-13-8-4-5-9-14(13)16-15/h1-3,5-9,15-16H,10-11H2. The molecular formula is C15H14N. The van der Waals surface area contributed by atoms with E-state index in [1.54, 1.807) is 0 Å². The van der Waals surface area contributed by atoms with Gasteiger partial charge in [0.15, 0.2) is 0 Å². The summed E-state index contributed by atoms with van der Waals surface area (Å²) in [5.41, 5.74) is 4.02. The summed E-state index contributed by atoms with van der Waals surface area (Å²) in [6.07, 6.45) is 2.30. The van der Waals surface area contributed by atoms with Crippen LogP contribution in [0.1, 0.15) is 23.6 Å². The molecule has 3 rings (SSSR count). The van der Waals surface area contributed by atoms with Crippen LogP contribution in [-0.2, 0) is 6.42 Å². The van der Waals surface area contributed by atoms with E-state index in [0.29, 0.717) is 6.04 Å². The molecule has 2 aromatic rings. The Kier molecular flexibility index (Phi) is 2.37. The van der Waals surface area contributed by atoms with Gasteiger partial charge in [0.05, 0.1) is 6.04 Å². The minimum atomic E-state index is 0.455. The summed E-state index contributed by atoms with van der Waals surface area (Å²) in [6.45, 7) is 0. The molecule has 0 aromatic heterocycles. The van der Waals surface area contributed by atoms with Gasteiger partial charge < -0.3 is 5.32 Å². The zero-order valence-electron chi connectivity index (χ0n) is 9.11. The summed E-state index contributed by atoms with van der Waals surface area (Å²) in [7, 11) is 0. The van der Waals surface area contributed by atoms with Crippen LogP contribution >= 0.6 is 0 Å². The Labute approximate surface area is 96.1 Å². The molecule has 0 saturated heterocycles. The summed E-state index contributed by atoms with van der Waals surface area (Å²) in [6, 6.07) is 20.4. The SMILES string of the molecule is [c]1ccc2c(c1)CCC(c1ccccc1)N2. The van der Waals surface area contributed by atoms with Gasteiger partial charge in [0, 0.05) is 5.69 Å². The van der Waals surface area contributed by atoms with Gasteiger partial charge in [0.25, 0.3) is 0 Å². The van der Waals surface area contributed by atoms with E-state index < -0.39 is 0 Å². The molecule has 1 aliphatic heterocycles. The van der Waals surface area contributed by atoms with Crippen LogP contribution in [0.3, 0.4) is 0 Å². The highest BCUT2D eigenvalue weighted by Crippen LogP contribution is 2.31. The fraction of sp³-hybridized carbons (Fsp3) is 0.200. The zero-order valence-corrected chi connectivity index (χ0v) is 9.11. The van der Waals surface area contributed by atoms with Crippen molar-refractivity contribution in [3.05, 3.63) is 65.7 Å². The van der Waals surface area contributed by atoms with Crippen LogP contribution in [0.2, 0.25) is 0 Å². The van der Waals surface area contributed by atoms with Crippen LogP contribution in [0.25, 0.3) is 0 Å². The van der Waals surface area contributed by atoms with E-state index in [9.17, 15) is 0 Å². The fourth-order valence-corrected chi connectivity index (χ4v) is 2.31. The smallest absolute Gasteiger partial charge is 0.0517 e. The van der Waals surface area contributed by atoms with Crippen LogP contribution < -0.4 is 5.32 Å². The summed E-state index contributed by atoms with van der Waals surface area (Å²) in [4.78, 5) is 0. The summed E-state index contributed by atoms with van der Waals surface area (Å²) in [5, 5.41) is 3.59. The Bertz CT molecular complexity index is 476. The molecule has 0 fully saturated rings. The van der Waals surface area contributed by atoms with Crippen molar-refractivity contribution in [1.82, 2.24) is 0 Å². The fourth-order valence-electron chi connectivity index (χ4n) is 2.31. The number of benzene rings is 2. The maximum Gasteiger partial charge on any atom is 0.0517 e. The summed E-state index contributed by atoms with van der Waals surface area (Å²) >= 11 is 0. The molecule has 1 atom stereocenters. The topological polar surface area (TPSA) is 12.0 Å². The third-order valence-corrected chi connectivity index (χ3v) is 3.18. The second kappa shape index (κ2) is 4.01. The lowest BCUT2D eigenvalue weighted by Gasteiger charge is -2.27. The van der Waals surface area contributed by atoms with Crippen molar-refractivity contribution in [3.63, 3.8) is 0 Å². The van der Waals surface area contributed by atoms with E-state index in [1.807, 2.05) is 6.07 Å². The van der Waals surface area contributed by atoms with Crippen LogP contribution in [0.15, 0.2) is 48.5 Å². The van der Waals surface area contributed by atoms with Gasteiger partial charge in [-0.25, -0.2) is 0 Å². The molecule has 1 nitrogen and oxygen atoms in total. The maximum absolute atomic E-state index is 3.59. The molecule has 0 aliphatic carbocycles. The van der Waals surface area contributed by atoms with E-state index in [-0.39, 0.29) is 0 Å². The van der Waals surface area contributed by atoms with Crippen molar-refractivity contribution in [1.29, 1.82) is 0 Å². The molecule has 0 bridgehead atoms. The summed E-state index contributed by atoms with van der Waals surface area (Å²) < 4.78 is 0. The molecule has 1 radical (unpaired) electrons. The van der Waals surface area contributed by atoms with Crippen LogP contribution in [0, 0.1) is 6.07 Å². The molecule has 1 heteroatoms. The van der Waals surface area contributed by atoms with E-state index in [1.165, 1.54) is 16.8 Å². The Morgan fingerprint density at radius 3 is 2.88 bits per heavy atom. The van der Waals surface area contributed by atoms with Gasteiger partial charge in [-0.05, 0) is 42.2 Å². The molecule has 0 saturated carbocycles. The van der Waals surface area contributed by atoms with Crippen molar-refractivity contribution in [2.24, 2.45) is 0 Å². The van der Waals surface area contributed by atoms with E-state index in [0.717, 1.165) is 12.8 Å². The quantitative estimate of drug-likeness (QED) is 0.755. The first-order valence-electron chi connectivity index (χ1n) is 5.74. The molecular weight excluding hydrogens is 194 g/mol. The van der Waals surface area contributed by atoms with Gasteiger partial charge in [-0.2, -0.15) is 0 Å². The zero-order chi connectivity index (χ0) is 10.8. The highest BCUT2D eigenvalue weighted by Gasteiger charge is 2.17. The van der Waals surface area contributed by atoms with Crippen LogP contribution in [0.4, 0.5) is 5.69 Å². The van der Waals surface area contributed by atoms with Crippen LogP contribution in [-0.4, -0.2) is 0 Å². The third kappa shape index (κ3) is 1.69. The molecule has 1 unspecified atom stereocenters. The lowest BCUT2D eigenvalue weighted by molar-refractivity contribution is 0.668. The van der Waals surface area contributed by atoms with Crippen molar-refractivity contribution in [2.75, 3.05) is 5.32 Å². The molecule has 0 spiro atoms. The van der Waals surface area contributed by atoms with Crippen molar-refractivity contribution in [2.45, 2.75) is 18.9 Å². The van der Waals surface area contributed by atoms with Crippen LogP contribution in [0.5, 0.6) is 0 Å². The van der Waals surface area contributed by atoms with Crippen molar-refractivity contribution < 1.29 is 0 Å². The minimum Gasteiger partial charge on any atom is -0.378 e. The van der Waals surface area contributed by atoms with Gasteiger partial charge in [0.2, 0.25) is 0 Å². The Balaban J connectivity index is 1.89. The first-order chi connectivity index (χ1) is 7.93. The number of aryl methyl sites for hydroxylation is 1. The number of hydrogen-bond donors (Lipinski definition) is 1. The average molecular weight is 208 g/mol. The molecule has 1 heterocycles. The minimum absolute atomic E-state index is 0.455. The second-order valence-electron chi connectivity index (χ2n) is 4.23. The Morgan fingerprint density at radius 1 is 1.12 bits per heavy atom. The maximum atomic E-state index is 3.59. The van der Waals surface area contributed by atoms with E-state index in [2.05, 4.69) is 53.8 Å². The second-order valence-corrected chi connectivity index (χ2v) is 4.23. The van der Waals surface area contributed by atoms with Gasteiger partial charge in [-0.3, -0.25) is 0 Å². The average Bonchev–Trinajstić information content (AvgIpc) is 2.39. The van der Waals surface area contributed by atoms with E-state index >= 15 is 0 Å². The van der Waals surface area contributed by atoms with Gasteiger partial charge >= 0.3 is 0 Å². The van der Waals surface area contributed by atoms with Gasteiger partial charge in [-0.15, -0.1) is 0 Å². The molecule has 79 valence electrons. The van der Waals surface area contributed by atoms with E-state index in [4.69, 9.17) is 0 Å². The van der Waals surface area contributed by atoms with Crippen molar-refractivity contribution in [3.8, 4) is 0 Å². The number of anilines is 1. The lowest BCUT2D eigenvalue weighted by atomic mass is 9.94. The van der Waals surface area contributed by atoms with Gasteiger partial charge in [-0.1, -0.05) is 36.4 Å².